The van der Waals surface area contributed by atoms with E-state index in [1.165, 1.54) is 0 Å². The van der Waals surface area contributed by atoms with Crippen LogP contribution in [0.2, 0.25) is 0 Å². The summed E-state index contributed by atoms with van der Waals surface area (Å²) in [6.45, 7) is 3.40. The summed E-state index contributed by atoms with van der Waals surface area (Å²) in [7, 11) is 3.43. The molecule has 0 aromatic heterocycles. The SMILES string of the molecule is CCC(O)CN(C)CC(O)COC. The number of nitrogens with zero attached hydrogens (tertiary/aromatic N) is 1. The summed E-state index contributed by atoms with van der Waals surface area (Å²) < 4.78 is 4.80. The lowest BCUT2D eigenvalue weighted by molar-refractivity contribution is 0.0316. The zero-order valence-electron chi connectivity index (χ0n) is 8.73. The second-order valence-electron chi connectivity index (χ2n) is 3.39. The number of aliphatic hydroxyl groups is 2. The molecule has 0 amide bonds. The second-order valence-corrected chi connectivity index (χ2v) is 3.39. The summed E-state index contributed by atoms with van der Waals surface area (Å²) in [5.74, 6) is 0. The van der Waals surface area contributed by atoms with Crippen LogP contribution in [0.4, 0.5) is 0 Å². The van der Waals surface area contributed by atoms with E-state index in [-0.39, 0.29) is 6.10 Å². The van der Waals surface area contributed by atoms with Gasteiger partial charge in [-0.2, -0.15) is 0 Å². The highest BCUT2D eigenvalue weighted by atomic mass is 16.5. The molecule has 0 spiro atoms. The van der Waals surface area contributed by atoms with Crippen LogP contribution in [0.5, 0.6) is 0 Å². The maximum absolute atomic E-state index is 9.36. The quantitative estimate of drug-likeness (QED) is 0.580. The molecule has 4 heteroatoms. The molecule has 2 atom stereocenters. The monoisotopic (exact) mass is 191 g/mol. The van der Waals surface area contributed by atoms with Crippen LogP contribution in [0.3, 0.4) is 0 Å². The zero-order chi connectivity index (χ0) is 10.3. The Bertz CT molecular complexity index is 121. The van der Waals surface area contributed by atoms with Gasteiger partial charge < -0.3 is 19.8 Å². The van der Waals surface area contributed by atoms with Crippen LogP contribution in [-0.2, 0) is 4.74 Å². The van der Waals surface area contributed by atoms with Crippen molar-refractivity contribution in [3.05, 3.63) is 0 Å². The van der Waals surface area contributed by atoms with Crippen LogP contribution < -0.4 is 0 Å². The number of rotatable bonds is 7. The van der Waals surface area contributed by atoms with E-state index >= 15 is 0 Å². The van der Waals surface area contributed by atoms with Crippen molar-refractivity contribution < 1.29 is 14.9 Å². The third-order valence-corrected chi connectivity index (χ3v) is 1.88. The molecule has 0 aliphatic rings. The molecule has 0 aromatic rings. The average Bonchev–Trinajstić information content (AvgIpc) is 2.04. The van der Waals surface area contributed by atoms with Crippen molar-refractivity contribution in [3.8, 4) is 0 Å². The molecule has 2 N–H and O–H groups in total. The molecule has 0 heterocycles. The smallest absolute Gasteiger partial charge is 0.0899 e. The van der Waals surface area contributed by atoms with E-state index in [9.17, 15) is 10.2 Å². The summed E-state index contributed by atoms with van der Waals surface area (Å²) in [6, 6.07) is 0. The van der Waals surface area contributed by atoms with Crippen LogP contribution in [0, 0.1) is 0 Å². The van der Waals surface area contributed by atoms with Gasteiger partial charge in [0, 0.05) is 20.2 Å². The van der Waals surface area contributed by atoms with Crippen LogP contribution in [0.25, 0.3) is 0 Å². The summed E-state index contributed by atoms with van der Waals surface area (Å²) in [5.41, 5.74) is 0. The number of aliphatic hydroxyl groups excluding tert-OH is 2. The first-order valence-electron chi connectivity index (χ1n) is 4.63. The Morgan fingerprint density at radius 2 is 1.77 bits per heavy atom. The Kier molecular flexibility index (Phi) is 7.17. The highest BCUT2D eigenvalue weighted by Gasteiger charge is 2.10. The van der Waals surface area contributed by atoms with Gasteiger partial charge in [-0.25, -0.2) is 0 Å². The van der Waals surface area contributed by atoms with Gasteiger partial charge >= 0.3 is 0 Å². The van der Waals surface area contributed by atoms with Crippen LogP contribution in [0.15, 0.2) is 0 Å². The van der Waals surface area contributed by atoms with Crippen molar-refractivity contribution in [3.63, 3.8) is 0 Å². The Labute approximate surface area is 80.1 Å². The summed E-state index contributed by atoms with van der Waals surface area (Å²) >= 11 is 0. The fourth-order valence-electron chi connectivity index (χ4n) is 1.17. The second kappa shape index (κ2) is 7.26. The lowest BCUT2D eigenvalue weighted by atomic mass is 10.2. The predicted octanol–water partition coefficient (Wildman–Crippen LogP) is -0.304. The van der Waals surface area contributed by atoms with Crippen molar-refractivity contribution in [2.75, 3.05) is 33.9 Å². The normalized spacial score (nSPS) is 16.2. The van der Waals surface area contributed by atoms with E-state index in [2.05, 4.69) is 0 Å². The minimum atomic E-state index is -0.473. The molecule has 0 bridgehead atoms. The Hall–Kier alpha value is -0.160. The van der Waals surface area contributed by atoms with Gasteiger partial charge in [0.1, 0.15) is 0 Å². The number of hydrogen-bond donors (Lipinski definition) is 2. The van der Waals surface area contributed by atoms with E-state index in [0.717, 1.165) is 6.42 Å². The number of hydrogen-bond acceptors (Lipinski definition) is 4. The molecule has 13 heavy (non-hydrogen) atoms. The molecular formula is C9H21NO3. The fourth-order valence-corrected chi connectivity index (χ4v) is 1.17. The zero-order valence-corrected chi connectivity index (χ0v) is 8.73. The Morgan fingerprint density at radius 3 is 2.23 bits per heavy atom. The van der Waals surface area contributed by atoms with E-state index in [4.69, 9.17) is 4.74 Å². The number of likely N-dealkylation sites (N-methyl/N-ethyl adjacent to an activating group) is 1. The van der Waals surface area contributed by atoms with Gasteiger partial charge in [-0.15, -0.1) is 0 Å². The molecule has 0 aliphatic heterocycles. The van der Waals surface area contributed by atoms with Crippen molar-refractivity contribution in [1.29, 1.82) is 0 Å². The van der Waals surface area contributed by atoms with E-state index in [1.807, 2.05) is 18.9 Å². The van der Waals surface area contributed by atoms with Gasteiger partial charge in [-0.3, -0.25) is 0 Å². The molecule has 80 valence electrons. The first-order chi connectivity index (χ1) is 6.10. The highest BCUT2D eigenvalue weighted by Crippen LogP contribution is 1.95. The fraction of sp³-hybridized carbons (Fsp3) is 1.00. The maximum atomic E-state index is 9.36. The maximum Gasteiger partial charge on any atom is 0.0899 e. The van der Waals surface area contributed by atoms with E-state index in [0.29, 0.717) is 19.7 Å². The molecule has 0 saturated heterocycles. The molecule has 0 saturated carbocycles. The van der Waals surface area contributed by atoms with Gasteiger partial charge in [-0.05, 0) is 13.5 Å². The number of ether oxygens (including phenoxy) is 1. The molecular weight excluding hydrogens is 170 g/mol. The highest BCUT2D eigenvalue weighted by molar-refractivity contribution is 4.64. The van der Waals surface area contributed by atoms with E-state index < -0.39 is 6.10 Å². The standard InChI is InChI=1S/C9H21NO3/c1-4-8(11)5-10(2)6-9(12)7-13-3/h8-9,11-12H,4-7H2,1-3H3. The molecule has 0 fully saturated rings. The summed E-state index contributed by atoms with van der Waals surface area (Å²) in [4.78, 5) is 1.90. The topological polar surface area (TPSA) is 52.9 Å². The van der Waals surface area contributed by atoms with Crippen molar-refractivity contribution in [2.45, 2.75) is 25.6 Å². The molecule has 0 rings (SSSR count). The van der Waals surface area contributed by atoms with Crippen LogP contribution >= 0.6 is 0 Å². The number of methoxy groups -OCH3 is 1. The van der Waals surface area contributed by atoms with Gasteiger partial charge in [0.25, 0.3) is 0 Å². The van der Waals surface area contributed by atoms with E-state index in [1.54, 1.807) is 7.11 Å². The summed E-state index contributed by atoms with van der Waals surface area (Å²) in [5, 5.41) is 18.7. The molecule has 2 unspecified atom stereocenters. The lowest BCUT2D eigenvalue weighted by Gasteiger charge is -2.22. The van der Waals surface area contributed by atoms with Crippen LogP contribution in [0.1, 0.15) is 13.3 Å². The van der Waals surface area contributed by atoms with Crippen LogP contribution in [-0.4, -0.2) is 61.2 Å². The van der Waals surface area contributed by atoms with Crippen molar-refractivity contribution in [1.82, 2.24) is 4.90 Å². The largest absolute Gasteiger partial charge is 0.392 e. The van der Waals surface area contributed by atoms with Gasteiger partial charge in [0.2, 0.25) is 0 Å². The van der Waals surface area contributed by atoms with Crippen molar-refractivity contribution in [2.24, 2.45) is 0 Å². The molecule has 0 aromatic carbocycles. The predicted molar refractivity (Wildman–Crippen MR) is 51.7 cm³/mol. The molecule has 4 nitrogen and oxygen atoms in total. The lowest BCUT2D eigenvalue weighted by Crippen LogP contribution is -2.36. The Balaban J connectivity index is 3.54. The first-order valence-corrected chi connectivity index (χ1v) is 4.63. The Morgan fingerprint density at radius 1 is 1.23 bits per heavy atom. The van der Waals surface area contributed by atoms with Gasteiger partial charge in [0.05, 0.1) is 18.8 Å². The third-order valence-electron chi connectivity index (χ3n) is 1.88. The molecule has 0 radical (unpaired) electrons. The average molecular weight is 191 g/mol. The summed E-state index contributed by atoms with van der Waals surface area (Å²) in [6.07, 6.45) is -0.0381. The molecule has 0 aliphatic carbocycles. The van der Waals surface area contributed by atoms with Crippen molar-refractivity contribution >= 4 is 0 Å². The van der Waals surface area contributed by atoms with Gasteiger partial charge in [-0.1, -0.05) is 6.92 Å². The minimum Gasteiger partial charge on any atom is -0.392 e. The van der Waals surface area contributed by atoms with Gasteiger partial charge in [0.15, 0.2) is 0 Å². The minimum absolute atomic E-state index is 0.306. The third kappa shape index (κ3) is 6.95. The first kappa shape index (κ1) is 12.8.